The molecule has 3 aliphatic heterocycles. The maximum atomic E-state index is 13.6. The molecule has 35 heavy (non-hydrogen) atoms. The van der Waals surface area contributed by atoms with Crippen LogP contribution in [0, 0.1) is 23.2 Å². The molecule has 0 radical (unpaired) electrons. The lowest BCUT2D eigenvalue weighted by molar-refractivity contribution is -0.946. The van der Waals surface area contributed by atoms with Gasteiger partial charge in [-0.05, 0) is 42.5 Å². The first-order valence-electron chi connectivity index (χ1n) is 13.0. The van der Waals surface area contributed by atoms with Crippen molar-refractivity contribution in [3.05, 3.63) is 52.2 Å². The molecule has 1 aromatic heterocycles. The van der Waals surface area contributed by atoms with E-state index in [9.17, 15) is 9.90 Å². The highest BCUT2D eigenvalue weighted by Gasteiger charge is 2.53. The van der Waals surface area contributed by atoms with E-state index >= 15 is 0 Å². The van der Waals surface area contributed by atoms with Crippen molar-refractivity contribution in [1.82, 2.24) is 0 Å². The Morgan fingerprint density at radius 2 is 1.97 bits per heavy atom. The molecule has 2 aromatic rings. The van der Waals surface area contributed by atoms with Gasteiger partial charge in [0.25, 0.3) is 0 Å². The van der Waals surface area contributed by atoms with Gasteiger partial charge < -0.3 is 19.1 Å². The van der Waals surface area contributed by atoms with Crippen molar-refractivity contribution < 1.29 is 23.9 Å². The van der Waals surface area contributed by atoms with Gasteiger partial charge >= 0.3 is 5.97 Å². The normalized spacial score (nSPS) is 27.8. The Kier molecular flexibility index (Phi) is 7.15. The molecule has 6 nitrogen and oxygen atoms in total. The molecule has 2 unspecified atom stereocenters. The number of nitrogens with zero attached hydrogens (tertiary/aromatic N) is 2. The third kappa shape index (κ3) is 4.97. The van der Waals surface area contributed by atoms with Gasteiger partial charge in [0.05, 0.1) is 37.9 Å². The van der Waals surface area contributed by atoms with Crippen LogP contribution in [0.3, 0.4) is 0 Å². The predicted octanol–water partition coefficient (Wildman–Crippen LogP) is 4.62. The van der Waals surface area contributed by atoms with Crippen molar-refractivity contribution >= 4 is 17.3 Å². The molecule has 7 heteroatoms. The molecule has 4 aliphatic rings. The summed E-state index contributed by atoms with van der Waals surface area (Å²) in [5.41, 5.74) is -0.917. The number of rotatable bonds is 9. The first-order chi connectivity index (χ1) is 17.0. The van der Waals surface area contributed by atoms with Crippen LogP contribution in [0.4, 0.5) is 0 Å². The van der Waals surface area contributed by atoms with Crippen molar-refractivity contribution in [2.75, 3.05) is 32.8 Å². The molecule has 186 valence electrons. The fourth-order valence-electron chi connectivity index (χ4n) is 6.45. The van der Waals surface area contributed by atoms with Gasteiger partial charge in [-0.25, -0.2) is 4.79 Å². The predicted molar refractivity (Wildman–Crippen MR) is 134 cm³/mol. The number of benzene rings is 1. The monoisotopic (exact) mass is 495 g/mol. The second-order valence-corrected chi connectivity index (χ2v) is 11.5. The van der Waals surface area contributed by atoms with Crippen molar-refractivity contribution in [2.45, 2.75) is 56.7 Å². The number of thiophene rings is 1. The molecule has 0 spiro atoms. The lowest BCUT2D eigenvalue weighted by Gasteiger charge is -2.52. The Labute approximate surface area is 211 Å². The first-order valence-corrected chi connectivity index (χ1v) is 13.9. The summed E-state index contributed by atoms with van der Waals surface area (Å²) < 4.78 is 13.0. The highest BCUT2D eigenvalue weighted by Crippen LogP contribution is 2.44. The summed E-state index contributed by atoms with van der Waals surface area (Å²) in [4.78, 5) is 14.3. The Morgan fingerprint density at radius 3 is 2.69 bits per heavy atom. The molecule has 1 saturated carbocycles. The molecule has 1 aromatic carbocycles. The molecule has 4 fully saturated rings. The number of esters is 1. The summed E-state index contributed by atoms with van der Waals surface area (Å²) in [6.45, 7) is 4.63. The lowest BCUT2D eigenvalue weighted by atomic mass is 9.82. The van der Waals surface area contributed by atoms with Crippen molar-refractivity contribution in [3.63, 3.8) is 0 Å². The van der Waals surface area contributed by atoms with E-state index in [1.54, 1.807) is 12.1 Å². The quantitative estimate of drug-likeness (QED) is 0.312. The van der Waals surface area contributed by atoms with Crippen LogP contribution in [-0.2, 0) is 15.1 Å². The molecular weight excluding hydrogens is 460 g/mol. The van der Waals surface area contributed by atoms with Gasteiger partial charge in [0, 0.05) is 36.0 Å². The minimum absolute atomic E-state index is 0.0606. The number of piperidine rings is 3. The van der Waals surface area contributed by atoms with Crippen LogP contribution < -0.4 is 4.74 Å². The number of hydrogen-bond acceptors (Lipinski definition) is 6. The average molecular weight is 496 g/mol. The summed E-state index contributed by atoms with van der Waals surface area (Å²) in [5.74, 6) is 0.618. The number of carbonyl (C=O) groups is 1. The standard InChI is InChI=1S/C28H35N2O4S/c29-19-21-6-3-9-24(18-21)33-16-5-13-30-14-11-22(12-15-30)25(20-30)34-27(31)28(32,23-7-1-2-8-23)26-10-4-17-35-26/h3-4,6,9-10,17-18,22-23,25,32H,1-2,5,7-8,11-16,20H2/q+1. The number of aliphatic hydroxyl groups is 1. The van der Waals surface area contributed by atoms with E-state index in [0.29, 0.717) is 18.1 Å². The Bertz CT molecular complexity index is 1050. The molecule has 1 aliphatic carbocycles. The van der Waals surface area contributed by atoms with E-state index < -0.39 is 11.6 Å². The van der Waals surface area contributed by atoms with E-state index in [2.05, 4.69) is 6.07 Å². The third-order valence-corrected chi connectivity index (χ3v) is 9.46. The average Bonchev–Trinajstić information content (AvgIpc) is 3.62. The second-order valence-electron chi connectivity index (χ2n) is 10.5. The Balaban J connectivity index is 1.20. The van der Waals surface area contributed by atoms with Crippen LogP contribution >= 0.6 is 11.3 Å². The van der Waals surface area contributed by atoms with Crippen LogP contribution in [0.15, 0.2) is 41.8 Å². The second kappa shape index (κ2) is 10.3. The highest BCUT2D eigenvalue weighted by atomic mass is 32.1. The number of carbonyl (C=O) groups excluding carboxylic acids is 1. The lowest BCUT2D eigenvalue weighted by Crippen LogP contribution is -2.65. The maximum absolute atomic E-state index is 13.6. The van der Waals surface area contributed by atoms with Gasteiger partial charge in [0.2, 0.25) is 0 Å². The van der Waals surface area contributed by atoms with Crippen LogP contribution in [0.5, 0.6) is 5.75 Å². The van der Waals surface area contributed by atoms with Gasteiger partial charge in [-0.15, -0.1) is 11.3 Å². The number of ether oxygens (including phenoxy) is 2. The summed E-state index contributed by atoms with van der Waals surface area (Å²) in [6, 6.07) is 13.2. The maximum Gasteiger partial charge on any atom is 0.344 e. The van der Waals surface area contributed by atoms with Crippen LogP contribution in [0.2, 0.25) is 0 Å². The number of quaternary nitrogens is 1. The van der Waals surface area contributed by atoms with Crippen LogP contribution in [0.25, 0.3) is 0 Å². The Hall–Kier alpha value is -2.40. The van der Waals surface area contributed by atoms with E-state index in [1.807, 2.05) is 29.6 Å². The van der Waals surface area contributed by atoms with Gasteiger partial charge in [0.15, 0.2) is 11.7 Å². The minimum atomic E-state index is -1.52. The molecule has 1 N–H and O–H groups in total. The van der Waals surface area contributed by atoms with Gasteiger partial charge in [-0.1, -0.05) is 25.0 Å². The van der Waals surface area contributed by atoms with E-state index in [4.69, 9.17) is 14.7 Å². The van der Waals surface area contributed by atoms with Crippen molar-refractivity contribution in [3.8, 4) is 11.8 Å². The van der Waals surface area contributed by atoms with E-state index in [-0.39, 0.29) is 12.0 Å². The SMILES string of the molecule is N#Cc1cccc(OCCC[N+]23CCC(CC2)C(OC(=O)C(O)(c2cccs2)C2CCCC2)C3)c1. The fraction of sp³-hybridized carbons (Fsp3) is 0.571. The molecule has 2 bridgehead atoms. The zero-order valence-corrected chi connectivity index (χ0v) is 21.0. The fourth-order valence-corrected chi connectivity index (χ4v) is 7.34. The highest BCUT2D eigenvalue weighted by molar-refractivity contribution is 7.10. The molecule has 0 amide bonds. The smallest absolute Gasteiger partial charge is 0.344 e. The molecule has 3 saturated heterocycles. The zero-order chi connectivity index (χ0) is 24.3. The summed E-state index contributed by atoms with van der Waals surface area (Å²) in [7, 11) is 0. The summed E-state index contributed by atoms with van der Waals surface area (Å²) in [5, 5.41) is 22.7. The molecular formula is C28H35N2O4S+. The molecule has 4 heterocycles. The van der Waals surface area contributed by atoms with Gasteiger partial charge in [-0.2, -0.15) is 5.26 Å². The van der Waals surface area contributed by atoms with Crippen molar-refractivity contribution in [2.24, 2.45) is 11.8 Å². The van der Waals surface area contributed by atoms with Crippen molar-refractivity contribution in [1.29, 1.82) is 5.26 Å². The topological polar surface area (TPSA) is 79.5 Å². The van der Waals surface area contributed by atoms with Crippen LogP contribution in [0.1, 0.15) is 55.4 Å². The largest absolute Gasteiger partial charge is 0.493 e. The molecule has 6 rings (SSSR count). The van der Waals surface area contributed by atoms with E-state index in [0.717, 1.165) is 86.2 Å². The van der Waals surface area contributed by atoms with Gasteiger partial charge in [-0.3, -0.25) is 0 Å². The number of nitriles is 1. The van der Waals surface area contributed by atoms with Crippen LogP contribution in [-0.4, -0.2) is 54.4 Å². The molecule has 2 atom stereocenters. The minimum Gasteiger partial charge on any atom is -0.493 e. The van der Waals surface area contributed by atoms with Gasteiger partial charge in [0.1, 0.15) is 12.3 Å². The third-order valence-electron chi connectivity index (χ3n) is 8.46. The summed E-state index contributed by atoms with van der Waals surface area (Å²) >= 11 is 1.45. The summed E-state index contributed by atoms with van der Waals surface area (Å²) in [6.07, 6.45) is 6.74. The zero-order valence-electron chi connectivity index (χ0n) is 20.2. The number of hydrogen-bond donors (Lipinski definition) is 1. The Morgan fingerprint density at radius 1 is 1.17 bits per heavy atom. The van der Waals surface area contributed by atoms with E-state index in [1.165, 1.54) is 11.3 Å². The first kappa shape index (κ1) is 24.3. The number of fused-ring (bicyclic) bond motifs is 3.